The average Bonchev–Trinajstić information content (AvgIpc) is 2.85. The van der Waals surface area contributed by atoms with Gasteiger partial charge < -0.3 is 4.57 Å². The monoisotopic (exact) mass is 294 g/mol. The van der Waals surface area contributed by atoms with Crippen molar-refractivity contribution in [3.8, 4) is 11.1 Å². The second-order valence-corrected chi connectivity index (χ2v) is 6.40. The van der Waals surface area contributed by atoms with E-state index < -0.39 is 0 Å². The van der Waals surface area contributed by atoms with Gasteiger partial charge in [0.15, 0.2) is 0 Å². The van der Waals surface area contributed by atoms with Crippen LogP contribution in [0.5, 0.6) is 0 Å². The number of nitrogens with zero attached hydrogens (tertiary/aromatic N) is 1. The van der Waals surface area contributed by atoms with Crippen LogP contribution in [-0.4, -0.2) is 4.57 Å². The molecule has 0 bridgehead atoms. The van der Waals surface area contributed by atoms with E-state index in [-0.39, 0.29) is 0 Å². The number of rotatable bonds is 3. The average molecular weight is 295 g/mol. The van der Waals surface area contributed by atoms with Gasteiger partial charge in [-0.2, -0.15) is 0 Å². The van der Waals surface area contributed by atoms with Crippen LogP contribution in [0.1, 0.15) is 19.3 Å². The van der Waals surface area contributed by atoms with Crippen LogP contribution in [0.15, 0.2) is 48.7 Å². The third-order valence-corrected chi connectivity index (χ3v) is 4.75. The Bertz CT molecular complexity index is 783. The molecule has 21 heavy (non-hydrogen) atoms. The maximum absolute atomic E-state index is 6.08. The molecule has 0 saturated heterocycles. The molecular weight excluding hydrogens is 278 g/mol. The maximum atomic E-state index is 6.08. The molecule has 0 N–H and O–H groups in total. The summed E-state index contributed by atoms with van der Waals surface area (Å²) < 4.78 is 2.35. The van der Waals surface area contributed by atoms with Gasteiger partial charge in [0.25, 0.3) is 0 Å². The molecule has 0 amide bonds. The first kappa shape index (κ1) is 13.0. The normalized spacial score (nSPS) is 15.3. The highest BCUT2D eigenvalue weighted by Gasteiger charge is 2.18. The van der Waals surface area contributed by atoms with Crippen molar-refractivity contribution in [1.29, 1.82) is 0 Å². The van der Waals surface area contributed by atoms with E-state index in [1.807, 2.05) is 18.2 Å². The first-order valence-corrected chi connectivity index (χ1v) is 7.94. The number of hydrogen-bond donors (Lipinski definition) is 0. The van der Waals surface area contributed by atoms with E-state index in [4.69, 9.17) is 11.6 Å². The Morgan fingerprint density at radius 3 is 2.71 bits per heavy atom. The van der Waals surface area contributed by atoms with Crippen LogP contribution in [-0.2, 0) is 6.54 Å². The van der Waals surface area contributed by atoms with Crippen LogP contribution in [0.4, 0.5) is 0 Å². The molecule has 1 aliphatic rings. The Hall–Kier alpha value is -1.73. The lowest BCUT2D eigenvalue weighted by Gasteiger charge is -2.26. The minimum absolute atomic E-state index is 0.777. The second-order valence-electron chi connectivity index (χ2n) is 5.97. The van der Waals surface area contributed by atoms with Crippen molar-refractivity contribution < 1.29 is 0 Å². The van der Waals surface area contributed by atoms with E-state index >= 15 is 0 Å². The van der Waals surface area contributed by atoms with Crippen LogP contribution >= 0.6 is 11.6 Å². The molecule has 1 nitrogen and oxygen atoms in total. The summed E-state index contributed by atoms with van der Waals surface area (Å²) in [5.74, 6) is 0.863. The minimum Gasteiger partial charge on any atom is -0.347 e. The van der Waals surface area contributed by atoms with Crippen LogP contribution in [0, 0.1) is 12.0 Å². The fourth-order valence-electron chi connectivity index (χ4n) is 3.07. The Balaban J connectivity index is 1.70. The summed E-state index contributed by atoms with van der Waals surface area (Å²) in [4.78, 5) is 0. The largest absolute Gasteiger partial charge is 0.347 e. The van der Waals surface area contributed by atoms with E-state index in [0.717, 1.165) is 23.0 Å². The summed E-state index contributed by atoms with van der Waals surface area (Å²) in [5, 5.41) is 1.96. The van der Waals surface area contributed by atoms with Gasteiger partial charge in [0.05, 0.1) is 0 Å². The van der Waals surface area contributed by atoms with Gasteiger partial charge >= 0.3 is 0 Å². The number of fused-ring (bicyclic) bond motifs is 1. The standard InChI is InChI=1S/C19H17ClN/c20-18-6-2-5-15(12-18)16-7-8-19-17(11-16)9-10-21(19)13-14-3-1-4-14/h2,5-8,10-12,14H,1,3-4,13H2. The van der Waals surface area contributed by atoms with Crippen LogP contribution in [0.2, 0.25) is 5.02 Å². The lowest BCUT2D eigenvalue weighted by molar-refractivity contribution is 0.280. The fraction of sp³-hybridized carbons (Fsp3) is 0.263. The van der Waals surface area contributed by atoms with Crippen LogP contribution in [0.3, 0.4) is 0 Å². The first-order chi connectivity index (χ1) is 10.3. The molecule has 1 heterocycles. The molecule has 0 spiro atoms. The second kappa shape index (κ2) is 5.23. The Morgan fingerprint density at radius 1 is 1.10 bits per heavy atom. The number of benzene rings is 2. The van der Waals surface area contributed by atoms with Crippen LogP contribution in [0.25, 0.3) is 22.0 Å². The van der Waals surface area contributed by atoms with E-state index in [9.17, 15) is 0 Å². The molecule has 2 heteroatoms. The predicted octanol–water partition coefficient (Wildman–Crippen LogP) is 5.56. The minimum atomic E-state index is 0.777. The van der Waals surface area contributed by atoms with Gasteiger partial charge in [0, 0.05) is 34.7 Å². The predicted molar refractivity (Wildman–Crippen MR) is 88.6 cm³/mol. The molecule has 0 atom stereocenters. The fourth-order valence-corrected chi connectivity index (χ4v) is 3.26. The summed E-state index contributed by atoms with van der Waals surface area (Å²) in [6, 6.07) is 18.0. The van der Waals surface area contributed by atoms with Crippen molar-refractivity contribution in [2.75, 3.05) is 0 Å². The molecule has 2 aromatic carbocycles. The zero-order valence-corrected chi connectivity index (χ0v) is 12.6. The number of halogens is 1. The smallest absolute Gasteiger partial charge is 0.0487 e. The quantitative estimate of drug-likeness (QED) is 0.596. The molecule has 1 saturated carbocycles. The van der Waals surface area contributed by atoms with Gasteiger partial charge in [-0.1, -0.05) is 36.2 Å². The maximum Gasteiger partial charge on any atom is 0.0487 e. The first-order valence-electron chi connectivity index (χ1n) is 7.56. The lowest BCUT2D eigenvalue weighted by Crippen LogP contribution is -2.17. The summed E-state index contributed by atoms with van der Waals surface area (Å²) in [7, 11) is 0. The molecule has 1 radical (unpaired) electrons. The molecule has 105 valence electrons. The van der Waals surface area contributed by atoms with Crippen molar-refractivity contribution >= 4 is 22.5 Å². The van der Waals surface area contributed by atoms with Gasteiger partial charge in [-0.3, -0.25) is 0 Å². The zero-order valence-electron chi connectivity index (χ0n) is 11.8. The van der Waals surface area contributed by atoms with Gasteiger partial charge in [0.1, 0.15) is 0 Å². The Labute approximate surface area is 130 Å². The van der Waals surface area contributed by atoms with Gasteiger partial charge in [-0.05, 0) is 54.2 Å². The van der Waals surface area contributed by atoms with Gasteiger partial charge in [-0.25, -0.2) is 0 Å². The molecule has 1 fully saturated rings. The van der Waals surface area contributed by atoms with E-state index in [2.05, 4.69) is 41.1 Å². The highest BCUT2D eigenvalue weighted by atomic mass is 35.5. The topological polar surface area (TPSA) is 4.93 Å². The van der Waals surface area contributed by atoms with E-state index in [1.165, 1.54) is 35.7 Å². The molecule has 3 aromatic rings. The Kier molecular flexibility index (Phi) is 3.23. The summed E-state index contributed by atoms with van der Waals surface area (Å²) in [6.07, 6.45) is 6.25. The summed E-state index contributed by atoms with van der Waals surface area (Å²) in [5.41, 5.74) is 3.64. The van der Waals surface area contributed by atoms with E-state index in [0.29, 0.717) is 0 Å². The molecule has 0 unspecified atom stereocenters. The third-order valence-electron chi connectivity index (χ3n) is 4.52. The lowest BCUT2D eigenvalue weighted by atomic mass is 9.85. The van der Waals surface area contributed by atoms with Crippen molar-refractivity contribution in [2.45, 2.75) is 25.8 Å². The summed E-state index contributed by atoms with van der Waals surface area (Å²) in [6.45, 7) is 1.14. The Morgan fingerprint density at radius 2 is 1.95 bits per heavy atom. The highest BCUT2D eigenvalue weighted by molar-refractivity contribution is 6.30. The van der Waals surface area contributed by atoms with Crippen molar-refractivity contribution in [3.05, 3.63) is 59.8 Å². The van der Waals surface area contributed by atoms with Crippen LogP contribution < -0.4 is 0 Å². The molecule has 1 aliphatic carbocycles. The zero-order chi connectivity index (χ0) is 14.2. The molecular formula is C19H17ClN. The van der Waals surface area contributed by atoms with Gasteiger partial charge in [0.2, 0.25) is 0 Å². The third kappa shape index (κ3) is 2.47. The van der Waals surface area contributed by atoms with Crippen molar-refractivity contribution in [3.63, 3.8) is 0 Å². The SMILES string of the molecule is Clc1cccc(-c2ccc3c([c]cn3CC3CCC3)c2)c1. The van der Waals surface area contributed by atoms with Crippen molar-refractivity contribution in [1.82, 2.24) is 4.57 Å². The molecule has 4 rings (SSSR count). The summed E-state index contributed by atoms with van der Waals surface area (Å²) >= 11 is 6.08. The number of aromatic nitrogens is 1. The highest BCUT2D eigenvalue weighted by Crippen LogP contribution is 2.31. The van der Waals surface area contributed by atoms with E-state index in [1.54, 1.807) is 0 Å². The molecule has 0 aliphatic heterocycles. The van der Waals surface area contributed by atoms with Crippen molar-refractivity contribution in [2.24, 2.45) is 5.92 Å². The molecule has 1 aromatic heterocycles. The number of hydrogen-bond acceptors (Lipinski definition) is 0. The van der Waals surface area contributed by atoms with Gasteiger partial charge in [-0.15, -0.1) is 0 Å².